The standard InChI is InChI=1S/C17H18Se/c1-11-7-5-9-13-15(11)18-16-12(2)8-6-10-14(16)17(13,3)4/h5-10H,1-4H3. The molecule has 0 atom stereocenters. The Morgan fingerprint density at radius 3 is 1.67 bits per heavy atom. The van der Waals surface area contributed by atoms with Crippen LogP contribution in [0.15, 0.2) is 36.4 Å². The van der Waals surface area contributed by atoms with E-state index in [0.717, 1.165) is 0 Å². The third-order valence-electron chi connectivity index (χ3n) is 3.97. The van der Waals surface area contributed by atoms with Gasteiger partial charge >= 0.3 is 116 Å². The molecule has 0 fully saturated rings. The van der Waals surface area contributed by atoms with Gasteiger partial charge in [-0.15, -0.1) is 0 Å². The molecule has 0 nitrogen and oxygen atoms in total. The van der Waals surface area contributed by atoms with Gasteiger partial charge in [-0.1, -0.05) is 0 Å². The van der Waals surface area contributed by atoms with Crippen LogP contribution < -0.4 is 8.92 Å². The van der Waals surface area contributed by atoms with Crippen LogP contribution in [0.5, 0.6) is 0 Å². The van der Waals surface area contributed by atoms with Crippen molar-refractivity contribution >= 4 is 23.9 Å². The first kappa shape index (κ1) is 12.0. The van der Waals surface area contributed by atoms with E-state index in [1.807, 2.05) is 0 Å². The predicted molar refractivity (Wildman–Crippen MR) is 79.5 cm³/mol. The van der Waals surface area contributed by atoms with E-state index in [4.69, 9.17) is 0 Å². The molecule has 92 valence electrons. The van der Waals surface area contributed by atoms with Gasteiger partial charge in [0.15, 0.2) is 0 Å². The van der Waals surface area contributed by atoms with Crippen molar-refractivity contribution in [1.29, 1.82) is 0 Å². The van der Waals surface area contributed by atoms with E-state index in [1.54, 1.807) is 8.92 Å². The molecule has 0 saturated heterocycles. The van der Waals surface area contributed by atoms with Gasteiger partial charge in [0, 0.05) is 0 Å². The monoisotopic (exact) mass is 302 g/mol. The van der Waals surface area contributed by atoms with Crippen molar-refractivity contribution < 1.29 is 0 Å². The van der Waals surface area contributed by atoms with Gasteiger partial charge in [0.05, 0.1) is 0 Å². The van der Waals surface area contributed by atoms with Gasteiger partial charge in [-0.05, 0) is 0 Å². The fourth-order valence-corrected chi connectivity index (χ4v) is 6.01. The summed E-state index contributed by atoms with van der Waals surface area (Å²) in [5.74, 6) is 0. The molecular formula is C17H18Se. The summed E-state index contributed by atoms with van der Waals surface area (Å²) in [7, 11) is 0. The first-order valence-electron chi connectivity index (χ1n) is 6.40. The van der Waals surface area contributed by atoms with Crippen LogP contribution in [-0.2, 0) is 5.41 Å². The van der Waals surface area contributed by atoms with Gasteiger partial charge in [0.2, 0.25) is 0 Å². The summed E-state index contributed by atoms with van der Waals surface area (Å²) < 4.78 is 3.19. The van der Waals surface area contributed by atoms with Gasteiger partial charge in [0.25, 0.3) is 0 Å². The summed E-state index contributed by atoms with van der Waals surface area (Å²) >= 11 is 0.455. The van der Waals surface area contributed by atoms with E-state index in [9.17, 15) is 0 Å². The molecule has 1 heteroatoms. The van der Waals surface area contributed by atoms with E-state index >= 15 is 0 Å². The summed E-state index contributed by atoms with van der Waals surface area (Å²) in [4.78, 5) is 0. The summed E-state index contributed by atoms with van der Waals surface area (Å²) in [6, 6.07) is 13.5. The van der Waals surface area contributed by atoms with Crippen molar-refractivity contribution in [1.82, 2.24) is 0 Å². The van der Waals surface area contributed by atoms with Gasteiger partial charge in [-0.3, -0.25) is 0 Å². The van der Waals surface area contributed by atoms with Gasteiger partial charge in [-0.25, -0.2) is 0 Å². The summed E-state index contributed by atoms with van der Waals surface area (Å²) in [5, 5.41) is 0. The normalized spacial score (nSPS) is 16.0. The number of hydrogen-bond acceptors (Lipinski definition) is 0. The second-order valence-electron chi connectivity index (χ2n) is 5.63. The molecule has 3 rings (SSSR count). The van der Waals surface area contributed by atoms with Crippen molar-refractivity contribution in [2.75, 3.05) is 0 Å². The molecule has 18 heavy (non-hydrogen) atoms. The molecule has 0 aliphatic carbocycles. The molecule has 2 aromatic rings. The van der Waals surface area contributed by atoms with Crippen LogP contribution >= 0.6 is 0 Å². The first-order valence-corrected chi connectivity index (χ1v) is 8.11. The van der Waals surface area contributed by atoms with Crippen LogP contribution in [0.1, 0.15) is 36.1 Å². The van der Waals surface area contributed by atoms with Crippen LogP contribution in [-0.4, -0.2) is 15.0 Å². The zero-order valence-corrected chi connectivity index (χ0v) is 13.1. The van der Waals surface area contributed by atoms with Crippen LogP contribution in [0.25, 0.3) is 0 Å². The minimum atomic E-state index is 0.142. The van der Waals surface area contributed by atoms with Crippen LogP contribution in [0.2, 0.25) is 0 Å². The number of fused-ring (bicyclic) bond motifs is 2. The molecule has 2 aromatic carbocycles. The van der Waals surface area contributed by atoms with E-state index in [0.29, 0.717) is 15.0 Å². The first-order chi connectivity index (χ1) is 8.51. The Balaban J connectivity index is 2.33. The molecule has 0 bridgehead atoms. The third kappa shape index (κ3) is 1.58. The van der Waals surface area contributed by atoms with Crippen LogP contribution in [0.4, 0.5) is 0 Å². The Hall–Kier alpha value is -1.04. The Labute approximate surface area is 116 Å². The maximum absolute atomic E-state index is 2.36. The Morgan fingerprint density at radius 2 is 1.22 bits per heavy atom. The van der Waals surface area contributed by atoms with Gasteiger partial charge in [0.1, 0.15) is 0 Å². The predicted octanol–water partition coefficient (Wildman–Crippen LogP) is 2.60. The molecule has 0 spiro atoms. The average Bonchev–Trinajstić information content (AvgIpc) is 2.32. The van der Waals surface area contributed by atoms with Crippen molar-refractivity contribution in [3.8, 4) is 0 Å². The van der Waals surface area contributed by atoms with E-state index in [1.165, 1.54) is 22.3 Å². The summed E-state index contributed by atoms with van der Waals surface area (Å²) in [6.45, 7) is 9.22. The molecule has 0 amide bonds. The molecular weight excluding hydrogens is 283 g/mol. The molecule has 0 N–H and O–H groups in total. The minimum absolute atomic E-state index is 0.142. The van der Waals surface area contributed by atoms with E-state index in [2.05, 4.69) is 64.1 Å². The number of rotatable bonds is 0. The summed E-state index contributed by atoms with van der Waals surface area (Å²) in [5.41, 5.74) is 6.10. The summed E-state index contributed by atoms with van der Waals surface area (Å²) in [6.07, 6.45) is 0. The molecule has 0 saturated carbocycles. The fraction of sp³-hybridized carbons (Fsp3) is 0.294. The van der Waals surface area contributed by atoms with Gasteiger partial charge < -0.3 is 0 Å². The Morgan fingerprint density at radius 1 is 0.778 bits per heavy atom. The van der Waals surface area contributed by atoms with Gasteiger partial charge in [-0.2, -0.15) is 0 Å². The fourth-order valence-electron chi connectivity index (χ4n) is 2.81. The van der Waals surface area contributed by atoms with Crippen molar-refractivity contribution in [2.45, 2.75) is 33.1 Å². The quantitative estimate of drug-likeness (QED) is 0.656. The Kier molecular flexibility index (Phi) is 2.66. The molecule has 1 heterocycles. The third-order valence-corrected chi connectivity index (χ3v) is 7.10. The zero-order chi connectivity index (χ0) is 12.9. The van der Waals surface area contributed by atoms with Crippen molar-refractivity contribution in [3.05, 3.63) is 58.7 Å². The van der Waals surface area contributed by atoms with Crippen LogP contribution in [0.3, 0.4) is 0 Å². The second kappa shape index (κ2) is 3.98. The molecule has 0 aromatic heterocycles. The molecule has 1 aliphatic rings. The zero-order valence-electron chi connectivity index (χ0n) is 11.4. The van der Waals surface area contributed by atoms with E-state index < -0.39 is 0 Å². The topological polar surface area (TPSA) is 0 Å². The average molecular weight is 301 g/mol. The second-order valence-corrected chi connectivity index (χ2v) is 7.77. The van der Waals surface area contributed by atoms with Crippen molar-refractivity contribution in [3.63, 3.8) is 0 Å². The van der Waals surface area contributed by atoms with E-state index in [-0.39, 0.29) is 5.41 Å². The molecule has 0 unspecified atom stereocenters. The maximum atomic E-state index is 2.36. The SMILES string of the molecule is Cc1cccc2c1[Se]c1c(C)cccc1C2(C)C. The number of aryl methyl sites for hydroxylation is 2. The molecule has 0 radical (unpaired) electrons. The van der Waals surface area contributed by atoms with Crippen LogP contribution in [0, 0.1) is 13.8 Å². The number of benzene rings is 2. The van der Waals surface area contributed by atoms with Crippen molar-refractivity contribution in [2.24, 2.45) is 0 Å². The number of hydrogen-bond donors (Lipinski definition) is 0. The Bertz CT molecular complexity index is 570. The molecule has 1 aliphatic heterocycles.